The maximum atomic E-state index is 10.9. The van der Waals surface area contributed by atoms with Crippen molar-refractivity contribution in [2.75, 3.05) is 0 Å². The highest BCUT2D eigenvalue weighted by Gasteiger charge is 2.23. The van der Waals surface area contributed by atoms with E-state index in [1.807, 2.05) is 0 Å². The van der Waals surface area contributed by atoms with E-state index in [0.717, 1.165) is 0 Å². The minimum Gasteiger partial charge on any atom is -0.480 e. The standard InChI is InChI=1S/C8H13NO4/c1-4(2)8(12)13-5(3)6(9)7(10)11/h5-6H,1,9H2,2-3H3,(H,10,11). The number of ether oxygens (including phenoxy) is 1. The van der Waals surface area contributed by atoms with E-state index in [1.165, 1.54) is 13.8 Å². The van der Waals surface area contributed by atoms with Crippen LogP contribution in [0.4, 0.5) is 0 Å². The Kier molecular flexibility index (Phi) is 4.13. The van der Waals surface area contributed by atoms with E-state index < -0.39 is 24.1 Å². The molecule has 0 rings (SSSR count). The summed E-state index contributed by atoms with van der Waals surface area (Å²) in [5.74, 6) is -1.84. The molecule has 3 N–H and O–H groups in total. The lowest BCUT2D eigenvalue weighted by Gasteiger charge is -2.16. The molecule has 0 aromatic rings. The third kappa shape index (κ3) is 3.71. The molecule has 5 heteroatoms. The van der Waals surface area contributed by atoms with Gasteiger partial charge in [0.25, 0.3) is 0 Å². The number of carbonyl (C=O) groups is 2. The minimum atomic E-state index is -1.21. The summed E-state index contributed by atoms with van der Waals surface area (Å²) in [7, 11) is 0. The smallest absolute Gasteiger partial charge is 0.333 e. The van der Waals surface area contributed by atoms with Crippen LogP contribution in [0.2, 0.25) is 0 Å². The maximum Gasteiger partial charge on any atom is 0.333 e. The summed E-state index contributed by atoms with van der Waals surface area (Å²) < 4.78 is 4.69. The fourth-order valence-electron chi connectivity index (χ4n) is 0.544. The van der Waals surface area contributed by atoms with Crippen molar-refractivity contribution in [3.8, 4) is 0 Å². The predicted molar refractivity (Wildman–Crippen MR) is 46.0 cm³/mol. The highest BCUT2D eigenvalue weighted by atomic mass is 16.5. The van der Waals surface area contributed by atoms with Crippen molar-refractivity contribution in [1.82, 2.24) is 0 Å². The highest BCUT2D eigenvalue weighted by Crippen LogP contribution is 2.01. The second-order valence-corrected chi connectivity index (χ2v) is 2.75. The fourth-order valence-corrected chi connectivity index (χ4v) is 0.544. The average Bonchev–Trinajstić information content (AvgIpc) is 2.02. The topological polar surface area (TPSA) is 89.6 Å². The molecular weight excluding hydrogens is 174 g/mol. The Balaban J connectivity index is 4.15. The zero-order valence-corrected chi connectivity index (χ0v) is 7.61. The molecule has 0 saturated carbocycles. The summed E-state index contributed by atoms with van der Waals surface area (Å²) in [5.41, 5.74) is 5.41. The van der Waals surface area contributed by atoms with Crippen molar-refractivity contribution >= 4 is 11.9 Å². The van der Waals surface area contributed by atoms with E-state index in [0.29, 0.717) is 0 Å². The van der Waals surface area contributed by atoms with Crippen LogP contribution in [-0.4, -0.2) is 29.2 Å². The fraction of sp³-hybridized carbons (Fsp3) is 0.500. The number of rotatable bonds is 4. The van der Waals surface area contributed by atoms with Crippen molar-refractivity contribution in [1.29, 1.82) is 0 Å². The zero-order chi connectivity index (χ0) is 10.6. The average molecular weight is 187 g/mol. The van der Waals surface area contributed by atoms with Gasteiger partial charge >= 0.3 is 11.9 Å². The summed E-state index contributed by atoms with van der Waals surface area (Å²) in [6.45, 7) is 6.24. The molecule has 0 aliphatic rings. The number of hydrogen-bond donors (Lipinski definition) is 2. The molecule has 0 amide bonds. The van der Waals surface area contributed by atoms with Gasteiger partial charge in [0, 0.05) is 5.57 Å². The molecule has 0 fully saturated rings. The van der Waals surface area contributed by atoms with Crippen molar-refractivity contribution in [2.24, 2.45) is 5.73 Å². The first-order chi connectivity index (χ1) is 5.86. The molecule has 2 atom stereocenters. The summed E-state index contributed by atoms with van der Waals surface area (Å²) in [4.78, 5) is 21.3. The van der Waals surface area contributed by atoms with E-state index in [1.54, 1.807) is 0 Å². The predicted octanol–water partition coefficient (Wildman–Crippen LogP) is -0.0939. The van der Waals surface area contributed by atoms with Crippen molar-refractivity contribution in [3.63, 3.8) is 0 Å². The van der Waals surface area contributed by atoms with Crippen molar-refractivity contribution < 1.29 is 19.4 Å². The number of nitrogens with two attached hydrogens (primary N) is 1. The molecule has 0 aliphatic carbocycles. The molecule has 0 aromatic heterocycles. The van der Waals surface area contributed by atoms with Gasteiger partial charge in [-0.1, -0.05) is 6.58 Å². The van der Waals surface area contributed by atoms with Crippen LogP contribution in [0.5, 0.6) is 0 Å². The summed E-state index contributed by atoms with van der Waals surface area (Å²) in [6, 6.07) is -1.21. The van der Waals surface area contributed by atoms with Crippen LogP contribution < -0.4 is 5.73 Å². The summed E-state index contributed by atoms with van der Waals surface area (Å²) >= 11 is 0. The van der Waals surface area contributed by atoms with Gasteiger partial charge in [-0.3, -0.25) is 4.79 Å². The van der Waals surface area contributed by atoms with Crippen LogP contribution in [0, 0.1) is 0 Å². The molecule has 0 bridgehead atoms. The van der Waals surface area contributed by atoms with Gasteiger partial charge in [0.1, 0.15) is 12.1 Å². The van der Waals surface area contributed by atoms with Crippen LogP contribution >= 0.6 is 0 Å². The monoisotopic (exact) mass is 187 g/mol. The highest BCUT2D eigenvalue weighted by molar-refractivity contribution is 5.87. The number of carboxylic acid groups (broad SMARTS) is 1. The normalized spacial score (nSPS) is 14.4. The third-order valence-corrected chi connectivity index (χ3v) is 1.43. The molecule has 0 saturated heterocycles. The van der Waals surface area contributed by atoms with Crippen LogP contribution in [0.3, 0.4) is 0 Å². The van der Waals surface area contributed by atoms with Gasteiger partial charge < -0.3 is 15.6 Å². The van der Waals surface area contributed by atoms with Gasteiger partial charge in [-0.15, -0.1) is 0 Å². The molecule has 2 unspecified atom stereocenters. The number of hydrogen-bond acceptors (Lipinski definition) is 4. The Morgan fingerprint density at radius 3 is 2.31 bits per heavy atom. The minimum absolute atomic E-state index is 0.212. The lowest BCUT2D eigenvalue weighted by molar-refractivity contribution is -0.150. The first-order valence-electron chi connectivity index (χ1n) is 3.71. The van der Waals surface area contributed by atoms with E-state index >= 15 is 0 Å². The maximum absolute atomic E-state index is 10.9. The van der Waals surface area contributed by atoms with Gasteiger partial charge in [-0.2, -0.15) is 0 Å². The molecular formula is C8H13NO4. The van der Waals surface area contributed by atoms with E-state index in [-0.39, 0.29) is 5.57 Å². The van der Waals surface area contributed by atoms with Crippen molar-refractivity contribution in [3.05, 3.63) is 12.2 Å². The Hall–Kier alpha value is -1.36. The molecule has 74 valence electrons. The SMILES string of the molecule is C=C(C)C(=O)OC(C)C(N)C(=O)O. The van der Waals surface area contributed by atoms with Crippen LogP contribution in [0.25, 0.3) is 0 Å². The number of aliphatic carboxylic acids is 1. The third-order valence-electron chi connectivity index (χ3n) is 1.43. The van der Waals surface area contributed by atoms with Gasteiger partial charge in [0.05, 0.1) is 0 Å². The quantitative estimate of drug-likeness (QED) is 0.474. The lowest BCUT2D eigenvalue weighted by Crippen LogP contribution is -2.42. The van der Waals surface area contributed by atoms with Gasteiger partial charge in [-0.25, -0.2) is 4.79 Å². The van der Waals surface area contributed by atoms with Gasteiger partial charge in [0.15, 0.2) is 0 Å². The number of esters is 1. The lowest BCUT2D eigenvalue weighted by atomic mass is 10.2. The second kappa shape index (κ2) is 4.61. The largest absolute Gasteiger partial charge is 0.480 e. The summed E-state index contributed by atoms with van der Waals surface area (Å²) in [6.07, 6.45) is -0.860. The van der Waals surface area contributed by atoms with Crippen molar-refractivity contribution in [2.45, 2.75) is 26.0 Å². The van der Waals surface area contributed by atoms with E-state index in [9.17, 15) is 9.59 Å². The van der Waals surface area contributed by atoms with Crippen LogP contribution in [0.1, 0.15) is 13.8 Å². The van der Waals surface area contributed by atoms with E-state index in [2.05, 4.69) is 6.58 Å². The Bertz CT molecular complexity index is 236. The van der Waals surface area contributed by atoms with Gasteiger partial charge in [0.2, 0.25) is 0 Å². The Morgan fingerprint density at radius 1 is 1.54 bits per heavy atom. The molecule has 5 nitrogen and oxygen atoms in total. The molecule has 0 spiro atoms. The molecule has 0 aromatic carbocycles. The first kappa shape index (κ1) is 11.6. The van der Waals surface area contributed by atoms with Gasteiger partial charge in [-0.05, 0) is 13.8 Å². The zero-order valence-electron chi connectivity index (χ0n) is 7.61. The van der Waals surface area contributed by atoms with E-state index in [4.69, 9.17) is 15.6 Å². The molecule has 0 radical (unpaired) electrons. The summed E-state index contributed by atoms with van der Waals surface area (Å²) in [5, 5.41) is 8.47. The Labute approximate surface area is 76.2 Å². The molecule has 0 heterocycles. The number of carbonyl (C=O) groups excluding carboxylic acids is 1. The first-order valence-corrected chi connectivity index (χ1v) is 3.71. The Morgan fingerprint density at radius 2 is 2.00 bits per heavy atom. The number of carboxylic acids is 1. The molecule has 13 heavy (non-hydrogen) atoms. The van der Waals surface area contributed by atoms with Crippen LogP contribution in [0.15, 0.2) is 12.2 Å². The second-order valence-electron chi connectivity index (χ2n) is 2.75. The van der Waals surface area contributed by atoms with Crippen LogP contribution in [-0.2, 0) is 14.3 Å². The molecule has 0 aliphatic heterocycles.